The summed E-state index contributed by atoms with van der Waals surface area (Å²) in [6, 6.07) is 4.13. The smallest absolute Gasteiger partial charge is 0.315 e. The minimum absolute atomic E-state index is 0.399. The van der Waals surface area contributed by atoms with Crippen molar-refractivity contribution in [2.24, 2.45) is 0 Å². The monoisotopic (exact) mass is 249 g/mol. The van der Waals surface area contributed by atoms with Gasteiger partial charge in [0, 0.05) is 18.8 Å². The number of rotatable bonds is 6. The molecule has 0 aromatic carbocycles. The SMILES string of the molecule is CNCc1nnc(NCc2ccnc(OC)c2)o1. The van der Waals surface area contributed by atoms with Crippen LogP contribution >= 0.6 is 0 Å². The first kappa shape index (κ1) is 12.3. The van der Waals surface area contributed by atoms with E-state index in [0.29, 0.717) is 30.9 Å². The van der Waals surface area contributed by atoms with Crippen molar-refractivity contribution in [3.05, 3.63) is 29.8 Å². The van der Waals surface area contributed by atoms with E-state index in [9.17, 15) is 0 Å². The van der Waals surface area contributed by atoms with E-state index in [-0.39, 0.29) is 0 Å². The molecular weight excluding hydrogens is 234 g/mol. The number of anilines is 1. The third-order valence-electron chi connectivity index (χ3n) is 2.25. The number of pyridine rings is 1. The molecule has 96 valence electrons. The van der Waals surface area contributed by atoms with Crippen molar-refractivity contribution >= 4 is 6.01 Å². The molecule has 0 saturated heterocycles. The van der Waals surface area contributed by atoms with Crippen LogP contribution in [0.25, 0.3) is 0 Å². The Morgan fingerprint density at radius 2 is 2.22 bits per heavy atom. The number of nitrogens with zero attached hydrogens (tertiary/aromatic N) is 3. The molecule has 0 aliphatic rings. The third kappa shape index (κ3) is 3.17. The van der Waals surface area contributed by atoms with E-state index >= 15 is 0 Å². The highest BCUT2D eigenvalue weighted by Gasteiger charge is 2.04. The van der Waals surface area contributed by atoms with E-state index < -0.39 is 0 Å². The minimum Gasteiger partial charge on any atom is -0.481 e. The number of ether oxygens (including phenoxy) is 1. The lowest BCUT2D eigenvalue weighted by Gasteiger charge is -2.03. The van der Waals surface area contributed by atoms with Gasteiger partial charge < -0.3 is 19.8 Å². The predicted molar refractivity (Wildman–Crippen MR) is 65.2 cm³/mol. The molecule has 2 aromatic rings. The van der Waals surface area contributed by atoms with Gasteiger partial charge in [-0.3, -0.25) is 0 Å². The van der Waals surface area contributed by atoms with Crippen molar-refractivity contribution in [1.29, 1.82) is 0 Å². The molecule has 0 bridgehead atoms. The lowest BCUT2D eigenvalue weighted by molar-refractivity contribution is 0.397. The highest BCUT2D eigenvalue weighted by atomic mass is 16.5. The number of methoxy groups -OCH3 is 1. The van der Waals surface area contributed by atoms with Gasteiger partial charge in [-0.1, -0.05) is 5.10 Å². The van der Waals surface area contributed by atoms with Crippen LogP contribution in [-0.2, 0) is 13.1 Å². The molecule has 2 aromatic heterocycles. The van der Waals surface area contributed by atoms with E-state index in [1.165, 1.54) is 0 Å². The average molecular weight is 249 g/mol. The summed E-state index contributed by atoms with van der Waals surface area (Å²) in [4.78, 5) is 4.03. The highest BCUT2D eigenvalue weighted by Crippen LogP contribution is 2.11. The van der Waals surface area contributed by atoms with E-state index in [4.69, 9.17) is 9.15 Å². The number of hydrogen-bond donors (Lipinski definition) is 2. The Morgan fingerprint density at radius 1 is 1.33 bits per heavy atom. The zero-order valence-corrected chi connectivity index (χ0v) is 10.3. The molecule has 2 N–H and O–H groups in total. The maximum absolute atomic E-state index is 5.36. The van der Waals surface area contributed by atoms with E-state index in [1.807, 2.05) is 19.2 Å². The van der Waals surface area contributed by atoms with Gasteiger partial charge in [-0.25, -0.2) is 4.98 Å². The van der Waals surface area contributed by atoms with Crippen molar-refractivity contribution in [3.8, 4) is 5.88 Å². The van der Waals surface area contributed by atoms with Gasteiger partial charge in [0.1, 0.15) is 0 Å². The normalized spacial score (nSPS) is 10.3. The molecule has 0 aliphatic heterocycles. The molecule has 0 atom stereocenters. The molecule has 2 heterocycles. The Balaban J connectivity index is 1.93. The summed E-state index contributed by atoms with van der Waals surface area (Å²) in [5.74, 6) is 1.13. The molecule has 7 heteroatoms. The zero-order valence-electron chi connectivity index (χ0n) is 10.3. The second-order valence-corrected chi connectivity index (χ2v) is 3.59. The molecule has 2 rings (SSSR count). The lowest BCUT2D eigenvalue weighted by Crippen LogP contribution is -2.04. The fourth-order valence-corrected chi connectivity index (χ4v) is 1.40. The summed E-state index contributed by atoms with van der Waals surface area (Å²) >= 11 is 0. The molecule has 18 heavy (non-hydrogen) atoms. The highest BCUT2D eigenvalue weighted by molar-refractivity contribution is 5.26. The van der Waals surface area contributed by atoms with Crippen LogP contribution in [0.15, 0.2) is 22.7 Å². The maximum atomic E-state index is 5.36. The molecule has 0 aliphatic carbocycles. The number of hydrogen-bond acceptors (Lipinski definition) is 7. The quantitative estimate of drug-likeness (QED) is 0.783. The van der Waals surface area contributed by atoms with Crippen molar-refractivity contribution < 1.29 is 9.15 Å². The first-order chi connectivity index (χ1) is 8.81. The lowest BCUT2D eigenvalue weighted by atomic mass is 10.2. The molecule has 0 fully saturated rings. The second-order valence-electron chi connectivity index (χ2n) is 3.59. The molecular formula is C11H15N5O2. The van der Waals surface area contributed by atoms with Gasteiger partial charge in [0.05, 0.1) is 13.7 Å². The van der Waals surface area contributed by atoms with Crippen LogP contribution < -0.4 is 15.4 Å². The predicted octanol–water partition coefficient (Wildman–Crippen LogP) is 0.805. The van der Waals surface area contributed by atoms with Crippen molar-refractivity contribution in [1.82, 2.24) is 20.5 Å². The fourth-order valence-electron chi connectivity index (χ4n) is 1.40. The van der Waals surface area contributed by atoms with E-state index in [2.05, 4.69) is 25.8 Å². The third-order valence-corrected chi connectivity index (χ3v) is 2.25. The molecule has 0 saturated carbocycles. The zero-order chi connectivity index (χ0) is 12.8. The van der Waals surface area contributed by atoms with Crippen molar-refractivity contribution in [2.45, 2.75) is 13.1 Å². The van der Waals surface area contributed by atoms with Gasteiger partial charge in [-0.2, -0.15) is 0 Å². The van der Waals surface area contributed by atoms with Crippen LogP contribution in [0.4, 0.5) is 6.01 Å². The van der Waals surface area contributed by atoms with Gasteiger partial charge in [0.2, 0.25) is 11.8 Å². The van der Waals surface area contributed by atoms with Crippen LogP contribution in [0.5, 0.6) is 5.88 Å². The summed E-state index contributed by atoms with van der Waals surface area (Å²) < 4.78 is 10.4. The molecule has 0 radical (unpaired) electrons. The van der Waals surface area contributed by atoms with E-state index in [0.717, 1.165) is 5.56 Å². The van der Waals surface area contributed by atoms with Crippen LogP contribution in [-0.4, -0.2) is 29.3 Å². The summed E-state index contributed by atoms with van der Waals surface area (Å²) in [5.41, 5.74) is 1.02. The fraction of sp³-hybridized carbons (Fsp3) is 0.364. The van der Waals surface area contributed by atoms with E-state index in [1.54, 1.807) is 13.3 Å². The molecule has 0 unspecified atom stereocenters. The molecule has 7 nitrogen and oxygen atoms in total. The molecule has 0 amide bonds. The minimum atomic E-state index is 0.399. The Labute approximate surface area is 105 Å². The Morgan fingerprint density at radius 3 is 3.00 bits per heavy atom. The number of nitrogens with one attached hydrogen (secondary N) is 2. The topological polar surface area (TPSA) is 85.1 Å². The summed E-state index contributed by atoms with van der Waals surface area (Å²) in [6.07, 6.45) is 1.69. The number of aromatic nitrogens is 3. The standard InChI is InChI=1S/C11H15N5O2/c1-12-7-10-15-16-11(18-10)14-6-8-3-4-13-9(5-8)17-2/h3-5,12H,6-7H2,1-2H3,(H,14,16). The van der Waals surface area contributed by atoms with Crippen molar-refractivity contribution in [3.63, 3.8) is 0 Å². The largest absolute Gasteiger partial charge is 0.481 e. The Bertz CT molecular complexity index is 500. The Hall–Kier alpha value is -2.15. The van der Waals surface area contributed by atoms with Crippen LogP contribution in [0.2, 0.25) is 0 Å². The second kappa shape index (κ2) is 5.97. The van der Waals surface area contributed by atoms with Gasteiger partial charge >= 0.3 is 6.01 Å². The maximum Gasteiger partial charge on any atom is 0.315 e. The van der Waals surface area contributed by atoms with Gasteiger partial charge in [0.15, 0.2) is 0 Å². The van der Waals surface area contributed by atoms with Crippen LogP contribution in [0.3, 0.4) is 0 Å². The average Bonchev–Trinajstić information content (AvgIpc) is 2.85. The first-order valence-corrected chi connectivity index (χ1v) is 5.51. The molecule has 0 spiro atoms. The summed E-state index contributed by atoms with van der Waals surface area (Å²) in [5, 5.41) is 13.7. The summed E-state index contributed by atoms with van der Waals surface area (Å²) in [6.45, 7) is 1.12. The first-order valence-electron chi connectivity index (χ1n) is 5.51. The van der Waals surface area contributed by atoms with Gasteiger partial charge in [-0.05, 0) is 18.7 Å². The Kier molecular flexibility index (Phi) is 4.08. The van der Waals surface area contributed by atoms with Gasteiger partial charge in [-0.15, -0.1) is 5.10 Å². The summed E-state index contributed by atoms with van der Waals surface area (Å²) in [7, 11) is 3.40. The van der Waals surface area contributed by atoms with Crippen LogP contribution in [0.1, 0.15) is 11.5 Å². The van der Waals surface area contributed by atoms with Crippen molar-refractivity contribution in [2.75, 3.05) is 19.5 Å². The van der Waals surface area contributed by atoms with Gasteiger partial charge in [0.25, 0.3) is 0 Å². The van der Waals surface area contributed by atoms with Crippen LogP contribution in [0, 0.1) is 0 Å².